The van der Waals surface area contributed by atoms with Gasteiger partial charge in [0.15, 0.2) is 0 Å². The van der Waals surface area contributed by atoms with Crippen molar-refractivity contribution in [1.82, 2.24) is 24.8 Å². The Morgan fingerprint density at radius 3 is 2.34 bits per heavy atom. The first-order valence-electron chi connectivity index (χ1n) is 12.2. The lowest BCUT2D eigenvalue weighted by atomic mass is 9.97. The maximum Gasteiger partial charge on any atom is 0.225 e. The zero-order valence-corrected chi connectivity index (χ0v) is 19.5. The fourth-order valence-corrected chi connectivity index (χ4v) is 6.65. The summed E-state index contributed by atoms with van der Waals surface area (Å²) in [6.45, 7) is 6.95. The van der Waals surface area contributed by atoms with Crippen molar-refractivity contribution in [3.63, 3.8) is 0 Å². The summed E-state index contributed by atoms with van der Waals surface area (Å²) in [5.41, 5.74) is 1.53. The molecule has 0 unspecified atom stereocenters. The van der Waals surface area contributed by atoms with Crippen LogP contribution < -0.4 is 9.80 Å². The highest BCUT2D eigenvalue weighted by Crippen LogP contribution is 2.40. The molecule has 0 atom stereocenters. The lowest BCUT2D eigenvalue weighted by molar-refractivity contribution is 0.216. The molecule has 2 saturated heterocycles. The van der Waals surface area contributed by atoms with Crippen LogP contribution in [0.5, 0.6) is 0 Å². The van der Waals surface area contributed by atoms with E-state index in [-0.39, 0.29) is 0 Å². The number of aryl methyl sites for hydroxylation is 2. The van der Waals surface area contributed by atoms with Crippen molar-refractivity contribution in [2.75, 3.05) is 49.1 Å². The SMILES string of the molecule is c1cnc(N2CCN(c3nc(CN4CCCCC4)nc4sc5c(c34)CCCC5)CC2)nc1. The van der Waals surface area contributed by atoms with Crippen molar-refractivity contribution >= 4 is 33.3 Å². The van der Waals surface area contributed by atoms with E-state index in [9.17, 15) is 0 Å². The minimum Gasteiger partial charge on any atom is -0.352 e. The molecule has 0 aromatic carbocycles. The molecule has 3 aromatic rings. The van der Waals surface area contributed by atoms with E-state index >= 15 is 0 Å². The van der Waals surface area contributed by atoms with Crippen LogP contribution in [0.2, 0.25) is 0 Å². The summed E-state index contributed by atoms with van der Waals surface area (Å²) in [6.07, 6.45) is 12.6. The number of anilines is 2. The predicted molar refractivity (Wildman–Crippen MR) is 130 cm³/mol. The Morgan fingerprint density at radius 1 is 0.781 bits per heavy atom. The molecule has 0 spiro atoms. The molecule has 168 valence electrons. The number of aromatic nitrogens is 4. The summed E-state index contributed by atoms with van der Waals surface area (Å²) in [5.74, 6) is 3.01. The van der Waals surface area contributed by atoms with E-state index in [0.29, 0.717) is 0 Å². The first kappa shape index (κ1) is 20.3. The Balaban J connectivity index is 1.32. The van der Waals surface area contributed by atoms with E-state index in [1.54, 1.807) is 4.88 Å². The van der Waals surface area contributed by atoms with E-state index < -0.39 is 0 Å². The van der Waals surface area contributed by atoms with Gasteiger partial charge in [0.25, 0.3) is 0 Å². The minimum atomic E-state index is 0.832. The quantitative estimate of drug-likeness (QED) is 0.602. The van der Waals surface area contributed by atoms with Gasteiger partial charge in [0.2, 0.25) is 5.95 Å². The van der Waals surface area contributed by atoms with Gasteiger partial charge in [-0.1, -0.05) is 6.42 Å². The third-order valence-corrected chi connectivity index (χ3v) is 8.26. The smallest absolute Gasteiger partial charge is 0.225 e. The van der Waals surface area contributed by atoms with Crippen LogP contribution in [-0.4, -0.2) is 64.1 Å². The zero-order chi connectivity index (χ0) is 21.3. The average Bonchev–Trinajstić information content (AvgIpc) is 3.23. The van der Waals surface area contributed by atoms with Gasteiger partial charge >= 0.3 is 0 Å². The Bertz CT molecular complexity index is 1070. The molecule has 3 aromatic heterocycles. The van der Waals surface area contributed by atoms with Gasteiger partial charge in [0, 0.05) is 43.4 Å². The second-order valence-corrected chi connectivity index (χ2v) is 10.3. The van der Waals surface area contributed by atoms with Crippen molar-refractivity contribution < 1.29 is 0 Å². The largest absolute Gasteiger partial charge is 0.352 e. The highest BCUT2D eigenvalue weighted by atomic mass is 32.1. The monoisotopic (exact) mass is 449 g/mol. The van der Waals surface area contributed by atoms with Gasteiger partial charge in [-0.3, -0.25) is 4.90 Å². The molecule has 2 aliphatic heterocycles. The Hall–Kier alpha value is -2.32. The van der Waals surface area contributed by atoms with Crippen molar-refractivity contribution in [3.8, 4) is 0 Å². The van der Waals surface area contributed by atoms with E-state index in [0.717, 1.165) is 44.5 Å². The average molecular weight is 450 g/mol. The Labute approximate surface area is 193 Å². The predicted octanol–water partition coefficient (Wildman–Crippen LogP) is 3.67. The van der Waals surface area contributed by atoms with Gasteiger partial charge < -0.3 is 9.80 Å². The van der Waals surface area contributed by atoms with Crippen molar-refractivity contribution in [1.29, 1.82) is 0 Å². The number of fused-ring (bicyclic) bond motifs is 3. The maximum absolute atomic E-state index is 5.23. The summed E-state index contributed by atoms with van der Waals surface area (Å²) >= 11 is 1.92. The molecule has 0 radical (unpaired) electrons. The van der Waals surface area contributed by atoms with Crippen LogP contribution in [-0.2, 0) is 19.4 Å². The van der Waals surface area contributed by atoms with Gasteiger partial charge in [0.1, 0.15) is 16.5 Å². The van der Waals surface area contributed by atoms with E-state index in [1.807, 2.05) is 29.8 Å². The standard InChI is InChI=1S/C24H31N7S/c1-4-11-29(12-5-1)17-20-27-22(21-18-7-2-3-8-19(18)32-23(21)28-20)30-13-15-31(16-14-30)24-25-9-6-10-26-24/h6,9-10H,1-5,7-8,11-17H2. The van der Waals surface area contributed by atoms with E-state index in [4.69, 9.17) is 9.97 Å². The maximum atomic E-state index is 5.23. The van der Waals surface area contributed by atoms with E-state index in [1.165, 1.54) is 79.6 Å². The molecule has 0 bridgehead atoms. The molecule has 8 heteroatoms. The summed E-state index contributed by atoms with van der Waals surface area (Å²) in [7, 11) is 0. The summed E-state index contributed by atoms with van der Waals surface area (Å²) in [5, 5.41) is 1.34. The molecule has 0 saturated carbocycles. The van der Waals surface area contributed by atoms with Gasteiger partial charge in [-0.15, -0.1) is 11.3 Å². The third-order valence-electron chi connectivity index (χ3n) is 7.07. The normalized spacial score (nSPS) is 20.0. The molecule has 0 N–H and O–H groups in total. The number of hydrogen-bond acceptors (Lipinski definition) is 8. The van der Waals surface area contributed by atoms with Crippen molar-refractivity contribution in [2.45, 2.75) is 51.5 Å². The van der Waals surface area contributed by atoms with Crippen LogP contribution in [0.4, 0.5) is 11.8 Å². The molecule has 7 nitrogen and oxygen atoms in total. The second kappa shape index (κ2) is 8.90. The molecule has 6 rings (SSSR count). The molecule has 5 heterocycles. The zero-order valence-electron chi connectivity index (χ0n) is 18.7. The van der Waals surface area contributed by atoms with Crippen LogP contribution in [0.15, 0.2) is 18.5 Å². The fourth-order valence-electron chi connectivity index (χ4n) is 5.37. The number of hydrogen-bond donors (Lipinski definition) is 0. The number of piperazine rings is 1. The van der Waals surface area contributed by atoms with E-state index in [2.05, 4.69) is 24.7 Å². The first-order valence-corrected chi connectivity index (χ1v) is 13.0. The van der Waals surface area contributed by atoms with Crippen LogP contribution in [0.1, 0.15) is 48.4 Å². The second-order valence-electron chi connectivity index (χ2n) is 9.21. The number of rotatable bonds is 4. The Morgan fingerprint density at radius 2 is 1.53 bits per heavy atom. The molecule has 2 fully saturated rings. The number of likely N-dealkylation sites (tertiary alicyclic amines) is 1. The molecule has 1 aliphatic carbocycles. The third kappa shape index (κ3) is 3.94. The highest BCUT2D eigenvalue weighted by Gasteiger charge is 2.27. The van der Waals surface area contributed by atoms with Crippen molar-refractivity contribution in [3.05, 3.63) is 34.7 Å². The fraction of sp³-hybridized carbons (Fsp3) is 0.583. The Kier molecular flexibility index (Phi) is 5.65. The topological polar surface area (TPSA) is 61.3 Å². The van der Waals surface area contributed by atoms with Gasteiger partial charge in [-0.2, -0.15) is 0 Å². The highest BCUT2D eigenvalue weighted by molar-refractivity contribution is 7.19. The number of nitrogens with zero attached hydrogens (tertiary/aromatic N) is 7. The van der Waals surface area contributed by atoms with Crippen LogP contribution in [0.3, 0.4) is 0 Å². The van der Waals surface area contributed by atoms with Crippen molar-refractivity contribution in [2.24, 2.45) is 0 Å². The molecule has 32 heavy (non-hydrogen) atoms. The van der Waals surface area contributed by atoms with Crippen LogP contribution in [0.25, 0.3) is 10.2 Å². The molecular formula is C24H31N7S. The van der Waals surface area contributed by atoms with Crippen LogP contribution in [0, 0.1) is 0 Å². The summed E-state index contributed by atoms with van der Waals surface area (Å²) < 4.78 is 0. The van der Waals surface area contributed by atoms with Gasteiger partial charge in [-0.25, -0.2) is 19.9 Å². The number of thiophene rings is 1. The first-order chi connectivity index (χ1) is 15.8. The lowest BCUT2D eigenvalue weighted by Gasteiger charge is -2.36. The number of piperidine rings is 1. The molecule has 0 amide bonds. The summed E-state index contributed by atoms with van der Waals surface area (Å²) in [4.78, 5) is 29.3. The van der Waals surface area contributed by atoms with Gasteiger partial charge in [-0.05, 0) is 63.2 Å². The van der Waals surface area contributed by atoms with Gasteiger partial charge in [0.05, 0.1) is 11.9 Å². The molecule has 3 aliphatic rings. The minimum absolute atomic E-state index is 0.832. The molecular weight excluding hydrogens is 418 g/mol. The lowest BCUT2D eigenvalue weighted by Crippen LogP contribution is -2.47. The summed E-state index contributed by atoms with van der Waals surface area (Å²) in [6, 6.07) is 1.88. The van der Waals surface area contributed by atoms with Crippen LogP contribution >= 0.6 is 11.3 Å².